The van der Waals surface area contributed by atoms with Gasteiger partial charge < -0.3 is 14.2 Å². The minimum absolute atomic E-state index is 0.0895. The summed E-state index contributed by atoms with van der Waals surface area (Å²) in [6.07, 6.45) is 1.51. The van der Waals surface area contributed by atoms with Crippen LogP contribution in [0, 0.1) is 5.82 Å². The Morgan fingerprint density at radius 2 is 1.88 bits per heavy atom. The van der Waals surface area contributed by atoms with Crippen molar-refractivity contribution in [3.05, 3.63) is 65.1 Å². The highest BCUT2D eigenvalue weighted by molar-refractivity contribution is 6.12. The van der Waals surface area contributed by atoms with E-state index in [4.69, 9.17) is 14.2 Å². The number of hydrogen-bond acceptors (Lipinski definition) is 6. The van der Waals surface area contributed by atoms with Crippen LogP contribution in [0.15, 0.2) is 53.2 Å². The van der Waals surface area contributed by atoms with Crippen molar-refractivity contribution in [2.45, 2.75) is 6.92 Å². The van der Waals surface area contributed by atoms with E-state index in [1.807, 2.05) is 0 Å². The lowest BCUT2D eigenvalue weighted by Gasteiger charge is -2.08. The van der Waals surface area contributed by atoms with Gasteiger partial charge in [0.05, 0.1) is 7.11 Å². The minimum atomic E-state index is -0.618. The van der Waals surface area contributed by atoms with Crippen molar-refractivity contribution < 1.29 is 28.2 Å². The van der Waals surface area contributed by atoms with Crippen LogP contribution in [0.25, 0.3) is 6.08 Å². The second kappa shape index (κ2) is 7.18. The molecule has 26 heavy (non-hydrogen) atoms. The Labute approximate surface area is 148 Å². The van der Waals surface area contributed by atoms with Crippen LogP contribution in [0.5, 0.6) is 11.5 Å². The number of carbonyl (C=O) groups is 2. The highest BCUT2D eigenvalue weighted by atomic mass is 19.1. The molecular formula is C19H14FNO5. The van der Waals surface area contributed by atoms with Crippen molar-refractivity contribution in [1.29, 1.82) is 0 Å². The fraction of sp³-hybridized carbons (Fsp3) is 0.105. The second-order valence-corrected chi connectivity index (χ2v) is 5.35. The van der Waals surface area contributed by atoms with Crippen LogP contribution in [0.4, 0.5) is 4.39 Å². The van der Waals surface area contributed by atoms with Crippen molar-refractivity contribution in [2.24, 2.45) is 4.99 Å². The lowest BCUT2D eigenvalue weighted by atomic mass is 10.1. The van der Waals surface area contributed by atoms with E-state index in [9.17, 15) is 14.0 Å². The van der Waals surface area contributed by atoms with E-state index in [-0.39, 0.29) is 17.3 Å². The molecule has 0 atom stereocenters. The van der Waals surface area contributed by atoms with E-state index >= 15 is 0 Å². The lowest BCUT2D eigenvalue weighted by Crippen LogP contribution is -2.05. The lowest BCUT2D eigenvalue weighted by molar-refractivity contribution is -0.132. The summed E-state index contributed by atoms with van der Waals surface area (Å²) in [4.78, 5) is 27.3. The smallest absolute Gasteiger partial charge is 0.363 e. The van der Waals surface area contributed by atoms with Crippen LogP contribution >= 0.6 is 0 Å². The molecule has 0 aromatic heterocycles. The second-order valence-electron chi connectivity index (χ2n) is 5.35. The Hall–Kier alpha value is -3.48. The van der Waals surface area contributed by atoms with Gasteiger partial charge in [0.25, 0.3) is 0 Å². The maximum atomic E-state index is 13.0. The normalized spacial score (nSPS) is 14.8. The number of ether oxygens (including phenoxy) is 3. The quantitative estimate of drug-likeness (QED) is 0.479. The van der Waals surface area contributed by atoms with Gasteiger partial charge in [0, 0.05) is 12.5 Å². The fourth-order valence-corrected chi connectivity index (χ4v) is 2.30. The Morgan fingerprint density at radius 3 is 2.54 bits per heavy atom. The SMILES string of the molecule is COc1cc(C=C2N=C(c3ccc(F)cc3)OC2=O)ccc1OC(C)=O. The zero-order chi connectivity index (χ0) is 18.7. The Morgan fingerprint density at radius 1 is 1.15 bits per heavy atom. The standard InChI is InChI=1S/C19H14FNO5/c1-11(22)25-16-8-3-12(10-17(16)24-2)9-15-19(23)26-18(21-15)13-4-6-14(20)7-5-13/h3-10H,1-2H3. The molecule has 0 unspecified atom stereocenters. The average Bonchev–Trinajstić information content (AvgIpc) is 2.97. The largest absolute Gasteiger partial charge is 0.493 e. The molecule has 0 saturated heterocycles. The van der Waals surface area contributed by atoms with Gasteiger partial charge in [-0.1, -0.05) is 6.07 Å². The summed E-state index contributed by atoms with van der Waals surface area (Å²) in [6.45, 7) is 1.29. The van der Waals surface area contributed by atoms with E-state index in [1.54, 1.807) is 18.2 Å². The zero-order valence-corrected chi connectivity index (χ0v) is 14.0. The number of carbonyl (C=O) groups excluding carboxylic acids is 2. The van der Waals surface area contributed by atoms with Gasteiger partial charge in [0.15, 0.2) is 17.2 Å². The van der Waals surface area contributed by atoms with Crippen molar-refractivity contribution in [2.75, 3.05) is 7.11 Å². The molecule has 0 spiro atoms. The van der Waals surface area contributed by atoms with Crippen LogP contribution in [0.3, 0.4) is 0 Å². The summed E-state index contributed by atoms with van der Waals surface area (Å²) in [6, 6.07) is 10.3. The Balaban J connectivity index is 1.90. The fourth-order valence-electron chi connectivity index (χ4n) is 2.30. The third kappa shape index (κ3) is 3.77. The van der Waals surface area contributed by atoms with Crippen molar-refractivity contribution in [3.8, 4) is 11.5 Å². The third-order valence-electron chi connectivity index (χ3n) is 3.46. The predicted molar refractivity (Wildman–Crippen MR) is 91.3 cm³/mol. The Kier molecular flexibility index (Phi) is 4.79. The average molecular weight is 355 g/mol. The Bertz CT molecular complexity index is 931. The molecule has 0 bridgehead atoms. The van der Waals surface area contributed by atoms with E-state index < -0.39 is 17.8 Å². The molecule has 0 fully saturated rings. The molecule has 2 aromatic rings. The van der Waals surface area contributed by atoms with Crippen LogP contribution in [-0.2, 0) is 14.3 Å². The van der Waals surface area contributed by atoms with Gasteiger partial charge in [0.2, 0.25) is 5.90 Å². The summed E-state index contributed by atoms with van der Waals surface area (Å²) in [5.74, 6) is -0.774. The topological polar surface area (TPSA) is 74.2 Å². The van der Waals surface area contributed by atoms with Gasteiger partial charge in [0.1, 0.15) is 5.82 Å². The van der Waals surface area contributed by atoms with Gasteiger partial charge in [-0.2, -0.15) is 0 Å². The van der Waals surface area contributed by atoms with Gasteiger partial charge >= 0.3 is 11.9 Å². The minimum Gasteiger partial charge on any atom is -0.493 e. The maximum Gasteiger partial charge on any atom is 0.363 e. The van der Waals surface area contributed by atoms with Crippen molar-refractivity contribution in [1.82, 2.24) is 0 Å². The molecule has 1 aliphatic rings. The van der Waals surface area contributed by atoms with E-state index in [2.05, 4.69) is 4.99 Å². The first-order chi connectivity index (χ1) is 12.5. The van der Waals surface area contributed by atoms with E-state index in [0.717, 1.165) is 0 Å². The first-order valence-corrected chi connectivity index (χ1v) is 7.61. The summed E-state index contributed by atoms with van der Waals surface area (Å²) >= 11 is 0. The number of halogens is 1. The van der Waals surface area contributed by atoms with Gasteiger partial charge in [-0.15, -0.1) is 0 Å². The number of nitrogens with zero attached hydrogens (tertiary/aromatic N) is 1. The summed E-state index contributed by atoms with van der Waals surface area (Å²) in [5, 5.41) is 0. The van der Waals surface area contributed by atoms with Gasteiger partial charge in [-0.3, -0.25) is 4.79 Å². The first kappa shape index (κ1) is 17.3. The number of esters is 2. The molecule has 132 valence electrons. The highest BCUT2D eigenvalue weighted by Gasteiger charge is 2.24. The summed E-state index contributed by atoms with van der Waals surface area (Å²) < 4.78 is 28.3. The van der Waals surface area contributed by atoms with E-state index in [0.29, 0.717) is 16.9 Å². The number of hydrogen-bond donors (Lipinski definition) is 0. The predicted octanol–water partition coefficient (Wildman–Crippen LogP) is 3.10. The zero-order valence-electron chi connectivity index (χ0n) is 14.0. The van der Waals surface area contributed by atoms with Crippen LogP contribution in [0.2, 0.25) is 0 Å². The van der Waals surface area contributed by atoms with Crippen LogP contribution in [0.1, 0.15) is 18.1 Å². The summed E-state index contributed by atoms with van der Waals surface area (Å²) in [5.41, 5.74) is 1.19. The first-order valence-electron chi connectivity index (χ1n) is 7.61. The van der Waals surface area contributed by atoms with Crippen molar-refractivity contribution in [3.63, 3.8) is 0 Å². The molecule has 2 aromatic carbocycles. The number of methoxy groups -OCH3 is 1. The molecule has 3 rings (SSSR count). The van der Waals surface area contributed by atoms with E-state index in [1.165, 1.54) is 44.4 Å². The van der Waals surface area contributed by atoms with Gasteiger partial charge in [-0.25, -0.2) is 14.2 Å². The molecule has 7 heteroatoms. The molecule has 0 radical (unpaired) electrons. The molecule has 0 aliphatic carbocycles. The van der Waals surface area contributed by atoms with Crippen LogP contribution < -0.4 is 9.47 Å². The number of rotatable bonds is 4. The van der Waals surface area contributed by atoms with Gasteiger partial charge in [-0.05, 0) is 48.0 Å². The van der Waals surface area contributed by atoms with Crippen molar-refractivity contribution >= 4 is 23.9 Å². The monoisotopic (exact) mass is 355 g/mol. The molecule has 6 nitrogen and oxygen atoms in total. The maximum absolute atomic E-state index is 13.0. The number of benzene rings is 2. The summed E-state index contributed by atoms with van der Waals surface area (Å²) in [7, 11) is 1.44. The number of cyclic esters (lactones) is 1. The third-order valence-corrected chi connectivity index (χ3v) is 3.46. The molecule has 0 saturated carbocycles. The molecule has 0 N–H and O–H groups in total. The van der Waals surface area contributed by atoms with Crippen LogP contribution in [-0.4, -0.2) is 24.9 Å². The highest BCUT2D eigenvalue weighted by Crippen LogP contribution is 2.30. The molecule has 0 amide bonds. The molecule has 1 aliphatic heterocycles. The molecule has 1 heterocycles. The number of aliphatic imine (C=N–C) groups is 1. The molecular weight excluding hydrogens is 341 g/mol.